The molecule has 0 amide bonds. The fraction of sp³-hybridized carbons (Fsp3) is 0.533. The Kier molecular flexibility index (Phi) is 5.61. The first kappa shape index (κ1) is 15.5. The molecule has 1 saturated carbocycles. The molecule has 0 bridgehead atoms. The normalized spacial score (nSPS) is 16.9. The summed E-state index contributed by atoms with van der Waals surface area (Å²) >= 11 is 7.79. The van der Waals surface area contributed by atoms with Crippen LogP contribution in [0.25, 0.3) is 0 Å². The van der Waals surface area contributed by atoms with Crippen LogP contribution in [0.2, 0.25) is 5.02 Å². The monoisotopic (exact) mass is 311 g/mol. The van der Waals surface area contributed by atoms with Gasteiger partial charge in [0.05, 0.1) is 0 Å². The van der Waals surface area contributed by atoms with Crippen LogP contribution >= 0.6 is 23.4 Å². The number of rotatable bonds is 6. The Morgan fingerprint density at radius 3 is 2.55 bits per heavy atom. The summed E-state index contributed by atoms with van der Waals surface area (Å²) in [5.74, 6) is 1.97. The van der Waals surface area contributed by atoms with Crippen LogP contribution in [0.4, 0.5) is 0 Å². The van der Waals surface area contributed by atoms with Gasteiger partial charge in [-0.1, -0.05) is 23.7 Å². The van der Waals surface area contributed by atoms with E-state index in [1.807, 2.05) is 30.9 Å². The van der Waals surface area contributed by atoms with Gasteiger partial charge in [-0.2, -0.15) is 11.8 Å². The maximum atomic E-state index is 5.96. The van der Waals surface area contributed by atoms with E-state index in [0.717, 1.165) is 29.8 Å². The van der Waals surface area contributed by atoms with Crippen LogP contribution in [-0.2, 0) is 5.41 Å². The number of hydrogen-bond acceptors (Lipinski definition) is 2. The average Bonchev–Trinajstić information content (AvgIpc) is 3.24. The molecule has 0 radical (unpaired) electrons. The van der Waals surface area contributed by atoms with Gasteiger partial charge in [0, 0.05) is 36.3 Å². The van der Waals surface area contributed by atoms with Crippen LogP contribution in [0.1, 0.15) is 18.4 Å². The molecule has 1 aromatic rings. The lowest BCUT2D eigenvalue weighted by Crippen LogP contribution is -2.42. The van der Waals surface area contributed by atoms with E-state index in [9.17, 15) is 0 Å². The summed E-state index contributed by atoms with van der Waals surface area (Å²) in [7, 11) is 1.82. The van der Waals surface area contributed by atoms with E-state index in [4.69, 9.17) is 11.6 Å². The summed E-state index contributed by atoms with van der Waals surface area (Å²) in [6, 6.07) is 8.23. The van der Waals surface area contributed by atoms with E-state index in [1.165, 1.54) is 18.4 Å². The molecular weight excluding hydrogens is 290 g/mol. The van der Waals surface area contributed by atoms with Crippen molar-refractivity contribution < 1.29 is 0 Å². The first-order chi connectivity index (χ1) is 9.70. The van der Waals surface area contributed by atoms with E-state index >= 15 is 0 Å². The van der Waals surface area contributed by atoms with Crippen molar-refractivity contribution in [3.63, 3.8) is 0 Å². The first-order valence-corrected chi connectivity index (χ1v) is 8.67. The highest BCUT2D eigenvalue weighted by Gasteiger charge is 2.44. The zero-order valence-electron chi connectivity index (χ0n) is 12.1. The molecular formula is C15H22ClN3S. The van der Waals surface area contributed by atoms with Gasteiger partial charge in [0.2, 0.25) is 0 Å². The molecule has 1 aliphatic carbocycles. The Morgan fingerprint density at radius 2 is 2.00 bits per heavy atom. The molecule has 0 heterocycles. The third kappa shape index (κ3) is 4.06. The smallest absolute Gasteiger partial charge is 0.191 e. The van der Waals surface area contributed by atoms with Gasteiger partial charge in [-0.3, -0.25) is 4.99 Å². The molecule has 0 aromatic heterocycles. The van der Waals surface area contributed by atoms with E-state index in [2.05, 4.69) is 34.0 Å². The minimum atomic E-state index is 0.266. The number of nitrogens with zero attached hydrogens (tertiary/aromatic N) is 1. The Bertz CT molecular complexity index is 455. The second kappa shape index (κ2) is 7.23. The predicted octanol–water partition coefficient (Wildman–Crippen LogP) is 2.90. The zero-order chi connectivity index (χ0) is 14.4. The predicted molar refractivity (Wildman–Crippen MR) is 90.1 cm³/mol. The summed E-state index contributed by atoms with van der Waals surface area (Å²) < 4.78 is 0. The van der Waals surface area contributed by atoms with E-state index in [0.29, 0.717) is 0 Å². The van der Waals surface area contributed by atoms with Crippen LogP contribution < -0.4 is 10.6 Å². The maximum Gasteiger partial charge on any atom is 0.191 e. The minimum absolute atomic E-state index is 0.266. The molecule has 5 heteroatoms. The summed E-state index contributed by atoms with van der Waals surface area (Å²) in [6.45, 7) is 1.86. The maximum absolute atomic E-state index is 5.96. The van der Waals surface area contributed by atoms with Gasteiger partial charge in [0.15, 0.2) is 5.96 Å². The van der Waals surface area contributed by atoms with Crippen LogP contribution in [0.3, 0.4) is 0 Å². The Hall–Kier alpha value is -0.870. The van der Waals surface area contributed by atoms with Crippen molar-refractivity contribution in [2.24, 2.45) is 4.99 Å². The molecule has 1 aliphatic rings. The van der Waals surface area contributed by atoms with Crippen molar-refractivity contribution in [2.75, 3.05) is 32.1 Å². The summed E-state index contributed by atoms with van der Waals surface area (Å²) in [5, 5.41) is 7.57. The molecule has 0 saturated heterocycles. The fourth-order valence-corrected chi connectivity index (χ4v) is 2.70. The molecule has 110 valence electrons. The Labute approximate surface area is 130 Å². The molecule has 1 aromatic carbocycles. The lowest BCUT2D eigenvalue weighted by atomic mass is 9.96. The van der Waals surface area contributed by atoms with E-state index in [1.54, 1.807) is 0 Å². The molecule has 2 N–H and O–H groups in total. The first-order valence-electron chi connectivity index (χ1n) is 6.90. The second-order valence-electron chi connectivity index (χ2n) is 5.13. The standard InChI is InChI=1S/C15H22ClN3S/c1-17-14(18-9-10-20-2)19-11-15(7-8-15)12-3-5-13(16)6-4-12/h3-6H,7-11H2,1-2H3,(H2,17,18,19). The summed E-state index contributed by atoms with van der Waals surface area (Å²) in [4.78, 5) is 4.26. The van der Waals surface area contributed by atoms with Crippen LogP contribution in [0.15, 0.2) is 29.3 Å². The van der Waals surface area contributed by atoms with Crippen LogP contribution in [-0.4, -0.2) is 38.1 Å². The number of hydrogen-bond donors (Lipinski definition) is 2. The third-order valence-electron chi connectivity index (χ3n) is 3.73. The quantitative estimate of drug-likeness (QED) is 0.482. The number of halogens is 1. The largest absolute Gasteiger partial charge is 0.356 e. The highest BCUT2D eigenvalue weighted by molar-refractivity contribution is 7.98. The highest BCUT2D eigenvalue weighted by atomic mass is 35.5. The molecule has 20 heavy (non-hydrogen) atoms. The van der Waals surface area contributed by atoms with Crippen molar-refractivity contribution in [2.45, 2.75) is 18.3 Å². The lowest BCUT2D eigenvalue weighted by molar-refractivity contribution is 0.648. The van der Waals surface area contributed by atoms with Gasteiger partial charge in [-0.15, -0.1) is 0 Å². The van der Waals surface area contributed by atoms with Crippen molar-refractivity contribution in [3.05, 3.63) is 34.9 Å². The molecule has 1 fully saturated rings. The highest BCUT2D eigenvalue weighted by Crippen LogP contribution is 2.47. The molecule has 0 unspecified atom stereocenters. The van der Waals surface area contributed by atoms with Crippen molar-refractivity contribution in [1.29, 1.82) is 0 Å². The zero-order valence-corrected chi connectivity index (χ0v) is 13.7. The number of nitrogens with one attached hydrogen (secondary N) is 2. The van der Waals surface area contributed by atoms with Crippen LogP contribution in [0, 0.1) is 0 Å². The Balaban J connectivity index is 1.87. The molecule has 0 aliphatic heterocycles. The van der Waals surface area contributed by atoms with E-state index in [-0.39, 0.29) is 5.41 Å². The molecule has 3 nitrogen and oxygen atoms in total. The topological polar surface area (TPSA) is 36.4 Å². The van der Waals surface area contributed by atoms with Gasteiger partial charge in [0.25, 0.3) is 0 Å². The van der Waals surface area contributed by atoms with Gasteiger partial charge >= 0.3 is 0 Å². The SMILES string of the molecule is CN=C(NCCSC)NCC1(c2ccc(Cl)cc2)CC1. The second-order valence-corrected chi connectivity index (χ2v) is 6.55. The van der Waals surface area contributed by atoms with Gasteiger partial charge in [0.1, 0.15) is 0 Å². The van der Waals surface area contributed by atoms with Gasteiger partial charge in [-0.05, 0) is 36.8 Å². The Morgan fingerprint density at radius 1 is 1.30 bits per heavy atom. The number of benzene rings is 1. The van der Waals surface area contributed by atoms with Gasteiger partial charge in [-0.25, -0.2) is 0 Å². The molecule has 0 atom stereocenters. The third-order valence-corrected chi connectivity index (χ3v) is 4.59. The fourth-order valence-electron chi connectivity index (χ4n) is 2.27. The number of thioether (sulfide) groups is 1. The lowest BCUT2D eigenvalue weighted by Gasteiger charge is -2.19. The van der Waals surface area contributed by atoms with E-state index < -0.39 is 0 Å². The molecule has 2 rings (SSSR count). The van der Waals surface area contributed by atoms with Crippen molar-refractivity contribution in [3.8, 4) is 0 Å². The average molecular weight is 312 g/mol. The summed E-state index contributed by atoms with van der Waals surface area (Å²) in [5.41, 5.74) is 1.64. The summed E-state index contributed by atoms with van der Waals surface area (Å²) in [6.07, 6.45) is 4.56. The van der Waals surface area contributed by atoms with Crippen molar-refractivity contribution >= 4 is 29.3 Å². The van der Waals surface area contributed by atoms with Crippen LogP contribution in [0.5, 0.6) is 0 Å². The number of guanidine groups is 1. The van der Waals surface area contributed by atoms with Gasteiger partial charge < -0.3 is 10.6 Å². The number of aliphatic imine (C=N–C) groups is 1. The minimum Gasteiger partial charge on any atom is -0.356 e. The molecule has 0 spiro atoms. The van der Waals surface area contributed by atoms with Crippen molar-refractivity contribution in [1.82, 2.24) is 10.6 Å².